The maximum absolute atomic E-state index is 5.13. The highest BCUT2D eigenvalue weighted by Crippen LogP contribution is 2.40. The molecule has 36 heavy (non-hydrogen) atoms. The predicted molar refractivity (Wildman–Crippen MR) is 161 cm³/mol. The number of aromatic nitrogens is 1. The van der Waals surface area contributed by atoms with E-state index in [1.165, 1.54) is 52.7 Å². The second kappa shape index (κ2) is 8.83. The zero-order chi connectivity index (χ0) is 25.0. The Bertz CT molecular complexity index is 1730. The fraction of sp³-hybridized carbons (Fsp3) is 0.242. The minimum absolute atomic E-state index is 0.0443. The van der Waals surface area contributed by atoms with Gasteiger partial charge in [-0.3, -0.25) is 0 Å². The maximum Gasteiger partial charge on any atom is 0.0823 e. The molecule has 3 heteroatoms. The fourth-order valence-electron chi connectivity index (χ4n) is 5.17. The second-order valence-corrected chi connectivity index (χ2v) is 13.3. The van der Waals surface area contributed by atoms with Gasteiger partial charge in [-0.1, -0.05) is 65.0 Å². The summed E-state index contributed by atoms with van der Waals surface area (Å²) in [5, 5.41) is 6.10. The van der Waals surface area contributed by atoms with Crippen LogP contribution >= 0.6 is 22.7 Å². The van der Waals surface area contributed by atoms with E-state index >= 15 is 0 Å². The highest BCUT2D eigenvalue weighted by Gasteiger charge is 2.19. The van der Waals surface area contributed by atoms with E-state index in [0.717, 1.165) is 17.6 Å². The summed E-state index contributed by atoms with van der Waals surface area (Å²) in [5.74, 6) is 0.672. The van der Waals surface area contributed by atoms with Crippen molar-refractivity contribution in [1.29, 1.82) is 0 Å². The smallest absolute Gasteiger partial charge is 0.0823 e. The molecule has 0 aliphatic carbocycles. The SMILES string of the molecule is CC(C)Cc1cc2cc(-c3cc(-c4cc(C(C)(C)C)c5ccccc5c4)nc4ccsc34)ccc2s1. The molecule has 0 amide bonds. The molecule has 0 fully saturated rings. The van der Waals surface area contributed by atoms with Crippen LogP contribution in [0.25, 0.3) is 53.5 Å². The van der Waals surface area contributed by atoms with Gasteiger partial charge >= 0.3 is 0 Å². The molecule has 0 spiro atoms. The third kappa shape index (κ3) is 4.25. The molecule has 0 radical (unpaired) electrons. The van der Waals surface area contributed by atoms with Gasteiger partial charge in [0.05, 0.1) is 15.9 Å². The van der Waals surface area contributed by atoms with Crippen LogP contribution in [0.2, 0.25) is 0 Å². The first kappa shape index (κ1) is 23.4. The Morgan fingerprint density at radius 3 is 2.44 bits per heavy atom. The van der Waals surface area contributed by atoms with E-state index in [9.17, 15) is 0 Å². The summed E-state index contributed by atoms with van der Waals surface area (Å²) in [4.78, 5) is 6.61. The van der Waals surface area contributed by atoms with Crippen molar-refractivity contribution >= 4 is 53.7 Å². The number of thiophene rings is 2. The number of hydrogen-bond donors (Lipinski definition) is 0. The van der Waals surface area contributed by atoms with Crippen LogP contribution in [0.5, 0.6) is 0 Å². The quantitative estimate of drug-likeness (QED) is 0.232. The Balaban J connectivity index is 1.54. The first-order chi connectivity index (χ1) is 17.3. The van der Waals surface area contributed by atoms with Crippen LogP contribution in [-0.4, -0.2) is 4.98 Å². The molecule has 3 heterocycles. The van der Waals surface area contributed by atoms with Gasteiger partial charge in [-0.2, -0.15) is 0 Å². The maximum atomic E-state index is 5.13. The molecule has 0 saturated carbocycles. The van der Waals surface area contributed by atoms with Crippen molar-refractivity contribution in [3.8, 4) is 22.4 Å². The predicted octanol–water partition coefficient (Wildman–Crippen LogP) is 10.5. The molecule has 0 N–H and O–H groups in total. The van der Waals surface area contributed by atoms with Crippen molar-refractivity contribution in [2.24, 2.45) is 5.92 Å². The van der Waals surface area contributed by atoms with Gasteiger partial charge in [0.2, 0.25) is 0 Å². The lowest BCUT2D eigenvalue weighted by Gasteiger charge is -2.23. The Kier molecular flexibility index (Phi) is 5.74. The van der Waals surface area contributed by atoms with Gasteiger partial charge in [-0.05, 0) is 92.9 Å². The Labute approximate surface area is 221 Å². The Hall–Kier alpha value is -3.01. The molecule has 0 bridgehead atoms. The summed E-state index contributed by atoms with van der Waals surface area (Å²) < 4.78 is 2.63. The molecule has 6 rings (SSSR count). The average Bonchev–Trinajstić information content (AvgIpc) is 3.47. The Morgan fingerprint density at radius 1 is 0.833 bits per heavy atom. The third-order valence-corrected chi connectivity index (χ3v) is 8.94. The lowest BCUT2D eigenvalue weighted by atomic mass is 9.82. The molecule has 180 valence electrons. The van der Waals surface area contributed by atoms with Crippen LogP contribution in [0.4, 0.5) is 0 Å². The summed E-state index contributed by atoms with van der Waals surface area (Å²) in [6.07, 6.45) is 1.14. The van der Waals surface area contributed by atoms with Gasteiger partial charge in [-0.15, -0.1) is 22.7 Å². The van der Waals surface area contributed by atoms with Gasteiger partial charge in [0.15, 0.2) is 0 Å². The number of pyridine rings is 1. The second-order valence-electron chi connectivity index (χ2n) is 11.2. The standard InChI is InChI=1S/C33H31NS2/c1-20(2)14-25-17-24-16-22(10-11-31(24)36-25)27-19-30(34-29-12-13-35-32(27)29)23-15-21-8-6-7-9-26(21)28(18-23)33(3,4)5/h6-13,15-20H,14H2,1-5H3. The molecular weight excluding hydrogens is 475 g/mol. The van der Waals surface area contributed by atoms with E-state index in [-0.39, 0.29) is 5.41 Å². The van der Waals surface area contributed by atoms with Crippen molar-refractivity contribution in [3.63, 3.8) is 0 Å². The van der Waals surface area contributed by atoms with Crippen molar-refractivity contribution in [2.45, 2.75) is 46.5 Å². The number of fused-ring (bicyclic) bond motifs is 3. The molecule has 0 aliphatic rings. The van der Waals surface area contributed by atoms with Crippen LogP contribution in [0.1, 0.15) is 45.1 Å². The lowest BCUT2D eigenvalue weighted by molar-refractivity contribution is 0.596. The molecule has 0 unspecified atom stereocenters. The van der Waals surface area contributed by atoms with E-state index in [1.807, 2.05) is 11.3 Å². The number of benzene rings is 3. The highest BCUT2D eigenvalue weighted by molar-refractivity contribution is 7.19. The molecule has 3 aromatic heterocycles. The summed E-state index contributed by atoms with van der Waals surface area (Å²) in [6, 6.07) is 27.2. The molecule has 3 aromatic carbocycles. The van der Waals surface area contributed by atoms with E-state index in [4.69, 9.17) is 4.98 Å². The van der Waals surface area contributed by atoms with Gasteiger partial charge in [0.1, 0.15) is 0 Å². The minimum Gasteiger partial charge on any atom is -0.247 e. The van der Waals surface area contributed by atoms with Crippen molar-refractivity contribution in [2.75, 3.05) is 0 Å². The van der Waals surface area contributed by atoms with E-state index in [2.05, 4.69) is 113 Å². The zero-order valence-electron chi connectivity index (χ0n) is 21.6. The molecule has 6 aromatic rings. The molecule has 0 atom stereocenters. The topological polar surface area (TPSA) is 12.9 Å². The first-order valence-electron chi connectivity index (χ1n) is 12.7. The number of nitrogens with zero attached hydrogens (tertiary/aromatic N) is 1. The van der Waals surface area contributed by atoms with Crippen molar-refractivity contribution in [1.82, 2.24) is 4.98 Å². The van der Waals surface area contributed by atoms with E-state index in [1.54, 1.807) is 11.3 Å². The van der Waals surface area contributed by atoms with Crippen molar-refractivity contribution in [3.05, 3.63) is 88.6 Å². The van der Waals surface area contributed by atoms with Crippen LogP contribution < -0.4 is 0 Å². The summed E-state index contributed by atoms with van der Waals surface area (Å²) >= 11 is 3.71. The largest absolute Gasteiger partial charge is 0.247 e. The molecular formula is C33H31NS2. The monoisotopic (exact) mass is 505 g/mol. The summed E-state index contributed by atoms with van der Waals surface area (Å²) in [5.41, 5.74) is 7.24. The van der Waals surface area contributed by atoms with E-state index in [0.29, 0.717) is 5.92 Å². The van der Waals surface area contributed by atoms with Crippen LogP contribution in [0, 0.1) is 5.92 Å². The van der Waals surface area contributed by atoms with Crippen LogP contribution in [0.15, 0.2) is 78.2 Å². The average molecular weight is 506 g/mol. The van der Waals surface area contributed by atoms with Gasteiger partial charge in [-0.25, -0.2) is 4.98 Å². The third-order valence-electron chi connectivity index (χ3n) is 6.86. The number of hydrogen-bond acceptors (Lipinski definition) is 3. The fourth-order valence-corrected chi connectivity index (χ4v) is 7.29. The van der Waals surface area contributed by atoms with Crippen molar-refractivity contribution < 1.29 is 0 Å². The van der Waals surface area contributed by atoms with Gasteiger partial charge < -0.3 is 0 Å². The van der Waals surface area contributed by atoms with Gasteiger partial charge in [0.25, 0.3) is 0 Å². The first-order valence-corrected chi connectivity index (χ1v) is 14.4. The minimum atomic E-state index is 0.0443. The molecule has 1 nitrogen and oxygen atoms in total. The highest BCUT2D eigenvalue weighted by atomic mass is 32.1. The zero-order valence-corrected chi connectivity index (χ0v) is 23.2. The van der Waals surface area contributed by atoms with Gasteiger partial charge in [0, 0.05) is 20.7 Å². The van der Waals surface area contributed by atoms with E-state index < -0.39 is 0 Å². The summed E-state index contributed by atoms with van der Waals surface area (Å²) in [6.45, 7) is 11.5. The molecule has 0 aliphatic heterocycles. The van der Waals surface area contributed by atoms with Crippen LogP contribution in [0.3, 0.4) is 0 Å². The van der Waals surface area contributed by atoms with Crippen LogP contribution in [-0.2, 0) is 11.8 Å². The molecule has 0 saturated heterocycles. The summed E-state index contributed by atoms with van der Waals surface area (Å²) in [7, 11) is 0. The number of rotatable bonds is 4. The normalized spacial score (nSPS) is 12.4. The lowest BCUT2D eigenvalue weighted by Crippen LogP contribution is -2.12. The Morgan fingerprint density at radius 2 is 1.64 bits per heavy atom.